The Labute approximate surface area is 144 Å². The third kappa shape index (κ3) is 4.86. The second-order valence-electron chi connectivity index (χ2n) is 5.92. The van der Waals surface area contributed by atoms with Gasteiger partial charge in [0.2, 0.25) is 0 Å². The van der Waals surface area contributed by atoms with E-state index in [1.54, 1.807) is 12.1 Å². The summed E-state index contributed by atoms with van der Waals surface area (Å²) in [4.78, 5) is 24.9. The van der Waals surface area contributed by atoms with Gasteiger partial charge in [-0.05, 0) is 54.8 Å². The summed E-state index contributed by atoms with van der Waals surface area (Å²) < 4.78 is 26.5. The molecular formula is C19H19F2NO3. The zero-order valence-electron chi connectivity index (χ0n) is 14.1. The van der Waals surface area contributed by atoms with Crippen LogP contribution in [0, 0.1) is 25.5 Å². The second-order valence-corrected chi connectivity index (χ2v) is 5.92. The van der Waals surface area contributed by atoms with Crippen molar-refractivity contribution in [3.8, 4) is 0 Å². The molecule has 25 heavy (non-hydrogen) atoms. The van der Waals surface area contributed by atoms with E-state index in [9.17, 15) is 18.4 Å². The molecule has 132 valence electrons. The van der Waals surface area contributed by atoms with Crippen LogP contribution >= 0.6 is 0 Å². The van der Waals surface area contributed by atoms with Gasteiger partial charge in [-0.1, -0.05) is 12.1 Å². The number of carbonyl (C=O) groups excluding carboxylic acids is 1. The standard InChI is InChI=1S/C19H19F2NO3/c1-12-3-5-15(9-13(12)2)19(25)22(8-7-18(23)24)11-14-4-6-16(20)17(21)10-14/h3-6,9-10H,7-8,11H2,1-2H3,(H,23,24). The van der Waals surface area contributed by atoms with Gasteiger partial charge in [0.1, 0.15) is 0 Å². The normalized spacial score (nSPS) is 10.6. The molecule has 0 atom stereocenters. The van der Waals surface area contributed by atoms with E-state index < -0.39 is 17.6 Å². The van der Waals surface area contributed by atoms with Crippen LogP contribution in [-0.2, 0) is 11.3 Å². The molecule has 0 aromatic heterocycles. The van der Waals surface area contributed by atoms with E-state index in [2.05, 4.69) is 0 Å². The van der Waals surface area contributed by atoms with E-state index in [4.69, 9.17) is 5.11 Å². The SMILES string of the molecule is Cc1ccc(C(=O)N(CCC(=O)O)Cc2ccc(F)c(F)c2)cc1C. The number of amides is 1. The summed E-state index contributed by atoms with van der Waals surface area (Å²) in [5, 5.41) is 8.89. The lowest BCUT2D eigenvalue weighted by atomic mass is 10.0. The Morgan fingerprint density at radius 1 is 1.00 bits per heavy atom. The first kappa shape index (κ1) is 18.6. The number of rotatable bonds is 6. The smallest absolute Gasteiger partial charge is 0.305 e. The third-order valence-electron chi connectivity index (χ3n) is 3.99. The highest BCUT2D eigenvalue weighted by atomic mass is 19.2. The highest BCUT2D eigenvalue weighted by Crippen LogP contribution is 2.16. The van der Waals surface area contributed by atoms with Crippen LogP contribution in [0.2, 0.25) is 0 Å². The molecule has 0 aliphatic carbocycles. The molecule has 1 N–H and O–H groups in total. The first-order valence-electron chi connectivity index (χ1n) is 7.80. The maximum atomic E-state index is 13.4. The Bertz CT molecular complexity index is 805. The lowest BCUT2D eigenvalue weighted by molar-refractivity contribution is -0.137. The Balaban J connectivity index is 2.27. The Morgan fingerprint density at radius 3 is 2.32 bits per heavy atom. The molecular weight excluding hydrogens is 328 g/mol. The number of aryl methyl sites for hydroxylation is 2. The van der Waals surface area contributed by atoms with Gasteiger partial charge in [-0.2, -0.15) is 0 Å². The minimum Gasteiger partial charge on any atom is -0.481 e. The summed E-state index contributed by atoms with van der Waals surface area (Å²) in [6.07, 6.45) is -0.236. The summed E-state index contributed by atoms with van der Waals surface area (Å²) in [6.45, 7) is 3.77. The highest BCUT2D eigenvalue weighted by Gasteiger charge is 2.18. The van der Waals surface area contributed by atoms with Crippen LogP contribution in [0.15, 0.2) is 36.4 Å². The van der Waals surface area contributed by atoms with Gasteiger partial charge >= 0.3 is 5.97 Å². The van der Waals surface area contributed by atoms with Crippen molar-refractivity contribution in [2.75, 3.05) is 6.54 Å². The number of hydrogen-bond acceptors (Lipinski definition) is 2. The maximum absolute atomic E-state index is 13.4. The molecule has 0 saturated carbocycles. The third-order valence-corrected chi connectivity index (χ3v) is 3.99. The Kier molecular flexibility index (Phi) is 5.85. The zero-order valence-corrected chi connectivity index (χ0v) is 14.1. The molecule has 0 bridgehead atoms. The fourth-order valence-corrected chi connectivity index (χ4v) is 2.40. The van der Waals surface area contributed by atoms with E-state index in [0.29, 0.717) is 11.1 Å². The summed E-state index contributed by atoms with van der Waals surface area (Å²) in [6, 6.07) is 8.59. The molecule has 0 unspecified atom stereocenters. The molecule has 0 radical (unpaired) electrons. The van der Waals surface area contributed by atoms with Gasteiger partial charge in [0.15, 0.2) is 11.6 Å². The number of aliphatic carboxylic acids is 1. The average Bonchev–Trinajstić information content (AvgIpc) is 2.56. The molecule has 2 aromatic carbocycles. The fourth-order valence-electron chi connectivity index (χ4n) is 2.40. The summed E-state index contributed by atoms with van der Waals surface area (Å²) in [5.41, 5.74) is 2.80. The zero-order chi connectivity index (χ0) is 18.6. The number of benzene rings is 2. The van der Waals surface area contributed by atoms with Gasteiger partial charge in [0.25, 0.3) is 5.91 Å². The van der Waals surface area contributed by atoms with Crippen molar-refractivity contribution in [1.82, 2.24) is 4.90 Å². The largest absolute Gasteiger partial charge is 0.481 e. The molecule has 0 fully saturated rings. The molecule has 0 saturated heterocycles. The van der Waals surface area contributed by atoms with Crippen LogP contribution in [-0.4, -0.2) is 28.4 Å². The molecule has 0 spiro atoms. The topological polar surface area (TPSA) is 57.6 Å². The van der Waals surface area contributed by atoms with Crippen LogP contribution in [0.3, 0.4) is 0 Å². The van der Waals surface area contributed by atoms with E-state index in [1.807, 2.05) is 19.9 Å². The van der Waals surface area contributed by atoms with Gasteiger partial charge < -0.3 is 10.0 Å². The molecule has 1 amide bonds. The molecule has 4 nitrogen and oxygen atoms in total. The van der Waals surface area contributed by atoms with Crippen molar-refractivity contribution in [3.63, 3.8) is 0 Å². The van der Waals surface area contributed by atoms with E-state index in [0.717, 1.165) is 23.3 Å². The van der Waals surface area contributed by atoms with Crippen molar-refractivity contribution >= 4 is 11.9 Å². The predicted octanol–water partition coefficient (Wildman–Crippen LogP) is 3.70. The van der Waals surface area contributed by atoms with E-state index in [1.165, 1.54) is 11.0 Å². The first-order valence-corrected chi connectivity index (χ1v) is 7.80. The Morgan fingerprint density at radius 2 is 1.72 bits per heavy atom. The van der Waals surface area contributed by atoms with Crippen molar-refractivity contribution in [2.24, 2.45) is 0 Å². The van der Waals surface area contributed by atoms with Crippen LogP contribution in [0.4, 0.5) is 8.78 Å². The fraction of sp³-hybridized carbons (Fsp3) is 0.263. The van der Waals surface area contributed by atoms with Gasteiger partial charge in [-0.25, -0.2) is 8.78 Å². The Hall–Kier alpha value is -2.76. The molecule has 0 aliphatic rings. The maximum Gasteiger partial charge on any atom is 0.305 e. The highest BCUT2D eigenvalue weighted by molar-refractivity contribution is 5.94. The number of carboxylic acids is 1. The lowest BCUT2D eigenvalue weighted by Crippen LogP contribution is -2.32. The monoisotopic (exact) mass is 347 g/mol. The van der Waals surface area contributed by atoms with Crippen LogP contribution in [0.5, 0.6) is 0 Å². The van der Waals surface area contributed by atoms with Gasteiger partial charge in [-0.15, -0.1) is 0 Å². The summed E-state index contributed by atoms with van der Waals surface area (Å²) in [5.74, 6) is -3.37. The van der Waals surface area contributed by atoms with Crippen LogP contribution < -0.4 is 0 Å². The number of hydrogen-bond donors (Lipinski definition) is 1. The second kappa shape index (κ2) is 7.88. The minimum atomic E-state index is -1.04. The number of carbonyl (C=O) groups is 2. The van der Waals surface area contributed by atoms with Gasteiger partial charge in [0, 0.05) is 18.7 Å². The van der Waals surface area contributed by atoms with E-state index in [-0.39, 0.29) is 25.4 Å². The molecule has 6 heteroatoms. The van der Waals surface area contributed by atoms with Crippen molar-refractivity contribution in [2.45, 2.75) is 26.8 Å². The molecule has 0 aliphatic heterocycles. The first-order chi connectivity index (χ1) is 11.8. The number of nitrogens with zero attached hydrogens (tertiary/aromatic N) is 1. The quantitative estimate of drug-likeness (QED) is 0.867. The summed E-state index contributed by atoms with van der Waals surface area (Å²) in [7, 11) is 0. The van der Waals surface area contributed by atoms with Crippen molar-refractivity contribution < 1.29 is 23.5 Å². The van der Waals surface area contributed by atoms with Crippen molar-refractivity contribution in [3.05, 3.63) is 70.3 Å². The van der Waals surface area contributed by atoms with E-state index >= 15 is 0 Å². The van der Waals surface area contributed by atoms with Gasteiger partial charge in [0.05, 0.1) is 6.42 Å². The average molecular weight is 347 g/mol. The molecule has 0 heterocycles. The molecule has 2 aromatic rings. The predicted molar refractivity (Wildman–Crippen MR) is 89.3 cm³/mol. The summed E-state index contributed by atoms with van der Waals surface area (Å²) >= 11 is 0. The lowest BCUT2D eigenvalue weighted by Gasteiger charge is -2.23. The van der Waals surface area contributed by atoms with Crippen LogP contribution in [0.25, 0.3) is 0 Å². The van der Waals surface area contributed by atoms with Crippen molar-refractivity contribution in [1.29, 1.82) is 0 Å². The van der Waals surface area contributed by atoms with Crippen LogP contribution in [0.1, 0.15) is 33.5 Å². The number of halogens is 2. The molecule has 2 rings (SSSR count). The number of carboxylic acid groups (broad SMARTS) is 1. The van der Waals surface area contributed by atoms with Gasteiger partial charge in [-0.3, -0.25) is 9.59 Å². The minimum absolute atomic E-state index is 0.00373.